The van der Waals surface area contributed by atoms with Crippen LogP contribution >= 0.6 is 23.2 Å². The highest BCUT2D eigenvalue weighted by Crippen LogP contribution is 2.35. The average Bonchev–Trinajstić information content (AvgIpc) is 2.39. The fourth-order valence-corrected chi connectivity index (χ4v) is 2.44. The summed E-state index contributed by atoms with van der Waals surface area (Å²) in [5.74, 6) is 0. The summed E-state index contributed by atoms with van der Waals surface area (Å²) in [6, 6.07) is 10.5. The second kappa shape index (κ2) is 6.11. The van der Waals surface area contributed by atoms with Crippen molar-refractivity contribution >= 4 is 34.6 Å². The summed E-state index contributed by atoms with van der Waals surface area (Å²) in [6.45, 7) is 2.56. The number of anilines is 1. The third kappa shape index (κ3) is 3.21. The molecule has 0 aromatic heterocycles. The monoisotopic (exact) mass is 310 g/mol. The van der Waals surface area contributed by atoms with E-state index in [9.17, 15) is 10.1 Å². The van der Waals surface area contributed by atoms with E-state index < -0.39 is 4.92 Å². The molecule has 0 bridgehead atoms. The van der Waals surface area contributed by atoms with Crippen LogP contribution in [0.15, 0.2) is 36.4 Å². The van der Waals surface area contributed by atoms with E-state index in [2.05, 4.69) is 5.32 Å². The van der Waals surface area contributed by atoms with E-state index >= 15 is 0 Å². The number of aryl methyl sites for hydroxylation is 1. The molecule has 1 N–H and O–H groups in total. The molecule has 4 nitrogen and oxygen atoms in total. The van der Waals surface area contributed by atoms with Gasteiger partial charge in [-0.1, -0.05) is 47.5 Å². The number of nitrogens with one attached hydrogen (secondary N) is 1. The van der Waals surface area contributed by atoms with Gasteiger partial charge in [0.05, 0.1) is 20.7 Å². The molecule has 0 radical (unpaired) electrons. The van der Waals surface area contributed by atoms with Crippen molar-refractivity contribution < 1.29 is 4.92 Å². The van der Waals surface area contributed by atoms with Gasteiger partial charge in [0.1, 0.15) is 0 Å². The summed E-state index contributed by atoms with van der Waals surface area (Å²) in [5.41, 5.74) is 2.63. The highest BCUT2D eigenvalue weighted by molar-refractivity contribution is 6.39. The Hall–Kier alpha value is -1.78. The van der Waals surface area contributed by atoms with Gasteiger partial charge in [0.15, 0.2) is 0 Å². The van der Waals surface area contributed by atoms with E-state index in [1.54, 1.807) is 0 Å². The molecule has 0 aliphatic carbocycles. The molecule has 6 heteroatoms. The number of halogens is 2. The Balaban J connectivity index is 2.22. The van der Waals surface area contributed by atoms with Crippen LogP contribution in [0.1, 0.15) is 11.1 Å². The van der Waals surface area contributed by atoms with Crippen LogP contribution in [0.4, 0.5) is 11.4 Å². The topological polar surface area (TPSA) is 55.2 Å². The van der Waals surface area contributed by atoms with Crippen molar-refractivity contribution in [3.8, 4) is 0 Å². The van der Waals surface area contributed by atoms with Gasteiger partial charge in [0.25, 0.3) is 5.69 Å². The summed E-state index contributed by atoms with van der Waals surface area (Å²) in [4.78, 5) is 10.2. The third-order valence-corrected chi connectivity index (χ3v) is 3.55. The summed E-state index contributed by atoms with van der Waals surface area (Å²) in [6.07, 6.45) is 0. The van der Waals surface area contributed by atoms with Gasteiger partial charge in [-0.15, -0.1) is 0 Å². The van der Waals surface area contributed by atoms with Gasteiger partial charge in [0.2, 0.25) is 0 Å². The Bertz CT molecular complexity index is 636. The Kier molecular flexibility index (Phi) is 4.47. The Morgan fingerprint density at radius 3 is 2.35 bits per heavy atom. The zero-order chi connectivity index (χ0) is 14.7. The number of nitro groups is 1. The van der Waals surface area contributed by atoms with Crippen LogP contribution in [0.25, 0.3) is 0 Å². The van der Waals surface area contributed by atoms with Crippen molar-refractivity contribution in [2.75, 3.05) is 5.32 Å². The molecule has 104 valence electrons. The van der Waals surface area contributed by atoms with Crippen LogP contribution in [-0.2, 0) is 6.54 Å². The molecule has 0 saturated heterocycles. The number of non-ortho nitro benzene ring substituents is 1. The van der Waals surface area contributed by atoms with Gasteiger partial charge in [-0.25, -0.2) is 0 Å². The zero-order valence-corrected chi connectivity index (χ0v) is 12.2. The minimum atomic E-state index is -0.525. The average molecular weight is 311 g/mol. The van der Waals surface area contributed by atoms with E-state index in [1.807, 2.05) is 31.2 Å². The maximum Gasteiger partial charge on any atom is 0.272 e. The van der Waals surface area contributed by atoms with E-state index in [0.717, 1.165) is 11.1 Å². The lowest BCUT2D eigenvalue weighted by atomic mass is 10.1. The van der Waals surface area contributed by atoms with E-state index in [-0.39, 0.29) is 15.7 Å². The first-order chi connectivity index (χ1) is 9.49. The van der Waals surface area contributed by atoms with E-state index in [0.29, 0.717) is 12.2 Å². The van der Waals surface area contributed by atoms with Crippen molar-refractivity contribution in [2.45, 2.75) is 13.5 Å². The Morgan fingerprint density at radius 1 is 1.20 bits per heavy atom. The quantitative estimate of drug-likeness (QED) is 0.650. The largest absolute Gasteiger partial charge is 0.379 e. The van der Waals surface area contributed by atoms with Gasteiger partial charge >= 0.3 is 0 Å². The number of hydrogen-bond donors (Lipinski definition) is 1. The lowest BCUT2D eigenvalue weighted by Crippen LogP contribution is -2.02. The van der Waals surface area contributed by atoms with Crippen LogP contribution < -0.4 is 5.32 Å². The summed E-state index contributed by atoms with van der Waals surface area (Å²) >= 11 is 12.1. The van der Waals surface area contributed by atoms with Gasteiger partial charge < -0.3 is 5.32 Å². The number of benzene rings is 2. The standard InChI is InChI=1S/C14H12Cl2N2O2/c1-9-4-2-3-5-10(9)8-17-14-12(15)6-11(18(19)20)7-13(14)16/h2-7,17H,8H2,1H3. The zero-order valence-electron chi connectivity index (χ0n) is 10.7. The summed E-state index contributed by atoms with van der Waals surface area (Å²) in [5, 5.41) is 14.3. The smallest absolute Gasteiger partial charge is 0.272 e. The minimum absolute atomic E-state index is 0.124. The van der Waals surface area contributed by atoms with Crippen LogP contribution in [-0.4, -0.2) is 4.92 Å². The van der Waals surface area contributed by atoms with Crippen molar-refractivity contribution in [2.24, 2.45) is 0 Å². The van der Waals surface area contributed by atoms with Gasteiger partial charge in [-0.2, -0.15) is 0 Å². The molecule has 0 atom stereocenters. The minimum Gasteiger partial charge on any atom is -0.379 e. The molecule has 0 aliphatic heterocycles. The van der Waals surface area contributed by atoms with Gasteiger partial charge in [-0.05, 0) is 18.1 Å². The van der Waals surface area contributed by atoms with Crippen LogP contribution in [0.3, 0.4) is 0 Å². The molecule has 0 saturated carbocycles. The first kappa shape index (κ1) is 14.6. The molecular weight excluding hydrogens is 299 g/mol. The molecule has 2 aromatic carbocycles. The highest BCUT2D eigenvalue weighted by atomic mass is 35.5. The molecule has 0 heterocycles. The lowest BCUT2D eigenvalue weighted by molar-refractivity contribution is -0.384. The molecule has 0 fully saturated rings. The Morgan fingerprint density at radius 2 is 1.80 bits per heavy atom. The molecule has 2 rings (SSSR count). The lowest BCUT2D eigenvalue weighted by Gasteiger charge is -2.12. The first-order valence-corrected chi connectivity index (χ1v) is 6.66. The third-order valence-electron chi connectivity index (χ3n) is 2.95. The maximum absolute atomic E-state index is 10.7. The molecule has 0 spiro atoms. The van der Waals surface area contributed by atoms with Gasteiger partial charge in [-0.3, -0.25) is 10.1 Å². The normalized spacial score (nSPS) is 10.3. The van der Waals surface area contributed by atoms with Gasteiger partial charge in [0, 0.05) is 18.7 Å². The fourth-order valence-electron chi connectivity index (χ4n) is 1.83. The molecule has 0 unspecified atom stereocenters. The molecule has 2 aromatic rings. The fraction of sp³-hybridized carbons (Fsp3) is 0.143. The van der Waals surface area contributed by atoms with Crippen LogP contribution in [0.5, 0.6) is 0 Å². The second-order valence-electron chi connectivity index (χ2n) is 4.32. The molecular formula is C14H12Cl2N2O2. The Labute approximate surface area is 126 Å². The molecule has 20 heavy (non-hydrogen) atoms. The number of nitrogens with zero attached hydrogens (tertiary/aromatic N) is 1. The van der Waals surface area contributed by atoms with Crippen molar-refractivity contribution in [3.63, 3.8) is 0 Å². The van der Waals surface area contributed by atoms with Crippen LogP contribution in [0, 0.1) is 17.0 Å². The highest BCUT2D eigenvalue weighted by Gasteiger charge is 2.14. The molecule has 0 aliphatic rings. The van der Waals surface area contributed by atoms with E-state index in [1.165, 1.54) is 12.1 Å². The molecule has 0 amide bonds. The van der Waals surface area contributed by atoms with Crippen molar-refractivity contribution in [1.29, 1.82) is 0 Å². The van der Waals surface area contributed by atoms with Crippen molar-refractivity contribution in [1.82, 2.24) is 0 Å². The van der Waals surface area contributed by atoms with Crippen LogP contribution in [0.2, 0.25) is 10.0 Å². The maximum atomic E-state index is 10.7. The number of hydrogen-bond acceptors (Lipinski definition) is 3. The predicted molar refractivity (Wildman–Crippen MR) is 81.6 cm³/mol. The predicted octanol–water partition coefficient (Wildman–Crippen LogP) is 4.82. The number of nitro benzene ring substituents is 1. The summed E-state index contributed by atoms with van der Waals surface area (Å²) in [7, 11) is 0. The second-order valence-corrected chi connectivity index (χ2v) is 5.14. The first-order valence-electron chi connectivity index (χ1n) is 5.91. The SMILES string of the molecule is Cc1ccccc1CNc1c(Cl)cc([N+](=O)[O-])cc1Cl. The number of rotatable bonds is 4. The summed E-state index contributed by atoms with van der Waals surface area (Å²) < 4.78 is 0. The van der Waals surface area contributed by atoms with E-state index in [4.69, 9.17) is 23.2 Å². The van der Waals surface area contributed by atoms with Crippen molar-refractivity contribution in [3.05, 3.63) is 67.7 Å².